The maximum Gasteiger partial charge on any atom is 0.227 e. The highest BCUT2D eigenvalue weighted by Crippen LogP contribution is 2.05. The van der Waals surface area contributed by atoms with Crippen LogP contribution in [0.25, 0.3) is 0 Å². The number of hydrogen-bond acceptors (Lipinski definition) is 3. The summed E-state index contributed by atoms with van der Waals surface area (Å²) in [5, 5.41) is 8.90. The second-order valence-corrected chi connectivity index (χ2v) is 3.94. The summed E-state index contributed by atoms with van der Waals surface area (Å²) in [5.74, 6) is 0.0373. The summed E-state index contributed by atoms with van der Waals surface area (Å²) in [6, 6.07) is 3.77. The quantitative estimate of drug-likeness (QED) is 0.803. The van der Waals surface area contributed by atoms with E-state index in [4.69, 9.17) is 5.11 Å². The number of aliphatic hydroxyl groups is 1. The smallest absolute Gasteiger partial charge is 0.227 e. The summed E-state index contributed by atoms with van der Waals surface area (Å²) in [6.45, 7) is 4.28. The van der Waals surface area contributed by atoms with Gasteiger partial charge in [0, 0.05) is 25.0 Å². The average molecular weight is 222 g/mol. The van der Waals surface area contributed by atoms with E-state index in [0.29, 0.717) is 13.0 Å². The van der Waals surface area contributed by atoms with Crippen molar-refractivity contribution in [3.63, 3.8) is 0 Å². The molecule has 0 aliphatic heterocycles. The number of nitrogens with zero attached hydrogens (tertiary/aromatic N) is 2. The van der Waals surface area contributed by atoms with E-state index in [1.807, 2.05) is 26.0 Å². The third-order valence-electron chi connectivity index (χ3n) is 2.39. The molecule has 1 aromatic rings. The van der Waals surface area contributed by atoms with Crippen molar-refractivity contribution in [2.24, 2.45) is 0 Å². The average Bonchev–Trinajstić information content (AvgIpc) is 2.26. The Morgan fingerprint density at radius 1 is 1.44 bits per heavy atom. The number of pyridine rings is 1. The Labute approximate surface area is 95.9 Å². The van der Waals surface area contributed by atoms with Gasteiger partial charge in [0.05, 0.1) is 13.0 Å². The van der Waals surface area contributed by atoms with Gasteiger partial charge in [-0.2, -0.15) is 0 Å². The predicted octanol–water partition coefficient (Wildman–Crippen LogP) is 0.853. The van der Waals surface area contributed by atoms with Gasteiger partial charge in [-0.05, 0) is 31.5 Å². The zero-order valence-electron chi connectivity index (χ0n) is 9.76. The molecule has 0 saturated carbocycles. The second kappa shape index (κ2) is 6.23. The Hall–Kier alpha value is -1.42. The molecule has 16 heavy (non-hydrogen) atoms. The zero-order chi connectivity index (χ0) is 12.0. The molecule has 0 aliphatic carbocycles. The first-order valence-corrected chi connectivity index (χ1v) is 5.44. The fraction of sp³-hybridized carbons (Fsp3) is 0.500. The van der Waals surface area contributed by atoms with Crippen LogP contribution in [0, 0.1) is 0 Å². The number of rotatable bonds is 5. The van der Waals surface area contributed by atoms with Gasteiger partial charge in [0.15, 0.2) is 0 Å². The van der Waals surface area contributed by atoms with Gasteiger partial charge < -0.3 is 10.0 Å². The lowest BCUT2D eigenvalue weighted by atomic mass is 10.1. The SMILES string of the molecule is CC(C)N(CCO)C(=O)Cc1ccncc1. The van der Waals surface area contributed by atoms with E-state index in [1.54, 1.807) is 17.3 Å². The minimum absolute atomic E-state index is 0.000263. The lowest BCUT2D eigenvalue weighted by Crippen LogP contribution is -2.39. The molecule has 1 heterocycles. The van der Waals surface area contributed by atoms with Gasteiger partial charge in [0.1, 0.15) is 0 Å². The molecule has 0 fully saturated rings. The highest BCUT2D eigenvalue weighted by molar-refractivity contribution is 5.79. The van der Waals surface area contributed by atoms with Crippen molar-refractivity contribution in [3.05, 3.63) is 30.1 Å². The van der Waals surface area contributed by atoms with Crippen molar-refractivity contribution < 1.29 is 9.90 Å². The summed E-state index contributed by atoms with van der Waals surface area (Å²) < 4.78 is 0. The molecule has 88 valence electrons. The van der Waals surface area contributed by atoms with Crippen LogP contribution in [-0.2, 0) is 11.2 Å². The number of carbonyl (C=O) groups is 1. The molecule has 0 spiro atoms. The molecular formula is C12H18N2O2. The Bertz CT molecular complexity index is 325. The highest BCUT2D eigenvalue weighted by Gasteiger charge is 2.16. The first kappa shape index (κ1) is 12.6. The van der Waals surface area contributed by atoms with E-state index in [-0.39, 0.29) is 18.6 Å². The monoisotopic (exact) mass is 222 g/mol. The molecule has 0 atom stereocenters. The van der Waals surface area contributed by atoms with Gasteiger partial charge >= 0.3 is 0 Å². The van der Waals surface area contributed by atoms with Crippen LogP contribution in [0.2, 0.25) is 0 Å². The molecule has 1 rings (SSSR count). The maximum absolute atomic E-state index is 11.9. The number of carbonyl (C=O) groups excluding carboxylic acids is 1. The van der Waals surface area contributed by atoms with Crippen LogP contribution in [0.3, 0.4) is 0 Å². The topological polar surface area (TPSA) is 53.4 Å². The molecule has 0 aromatic carbocycles. The molecule has 0 aliphatic rings. The molecule has 0 bridgehead atoms. The second-order valence-electron chi connectivity index (χ2n) is 3.94. The molecular weight excluding hydrogens is 204 g/mol. The van der Waals surface area contributed by atoms with Crippen molar-refractivity contribution in [2.45, 2.75) is 26.3 Å². The lowest BCUT2D eigenvalue weighted by Gasteiger charge is -2.26. The van der Waals surface area contributed by atoms with Gasteiger partial charge in [-0.25, -0.2) is 0 Å². The van der Waals surface area contributed by atoms with Crippen molar-refractivity contribution in [1.82, 2.24) is 9.88 Å². The Balaban J connectivity index is 2.62. The van der Waals surface area contributed by atoms with Crippen LogP contribution in [0.1, 0.15) is 19.4 Å². The Morgan fingerprint density at radius 2 is 2.06 bits per heavy atom. The summed E-state index contributed by atoms with van der Waals surface area (Å²) in [6.07, 6.45) is 3.71. The van der Waals surface area contributed by atoms with E-state index in [1.165, 1.54) is 0 Å². The summed E-state index contributed by atoms with van der Waals surface area (Å²) >= 11 is 0. The molecule has 1 amide bonds. The van der Waals surface area contributed by atoms with E-state index in [2.05, 4.69) is 4.98 Å². The minimum atomic E-state index is 0.000263. The highest BCUT2D eigenvalue weighted by atomic mass is 16.3. The third-order valence-corrected chi connectivity index (χ3v) is 2.39. The molecule has 0 saturated heterocycles. The molecule has 0 radical (unpaired) electrons. The van der Waals surface area contributed by atoms with Crippen LogP contribution in [0.15, 0.2) is 24.5 Å². The maximum atomic E-state index is 11.9. The van der Waals surface area contributed by atoms with Crippen LogP contribution in [-0.4, -0.2) is 40.1 Å². The number of amides is 1. The van der Waals surface area contributed by atoms with Crippen molar-refractivity contribution >= 4 is 5.91 Å². The van der Waals surface area contributed by atoms with Gasteiger partial charge in [-0.3, -0.25) is 9.78 Å². The van der Waals surface area contributed by atoms with Crippen LogP contribution >= 0.6 is 0 Å². The lowest BCUT2D eigenvalue weighted by molar-refractivity contribution is -0.132. The van der Waals surface area contributed by atoms with Crippen LogP contribution in [0.5, 0.6) is 0 Å². The Kier molecular flexibility index (Phi) is 4.92. The van der Waals surface area contributed by atoms with E-state index < -0.39 is 0 Å². The zero-order valence-corrected chi connectivity index (χ0v) is 9.76. The van der Waals surface area contributed by atoms with Gasteiger partial charge in [0.25, 0.3) is 0 Å². The van der Waals surface area contributed by atoms with Crippen molar-refractivity contribution in [1.29, 1.82) is 0 Å². The summed E-state index contributed by atoms with van der Waals surface area (Å²) in [5.41, 5.74) is 0.948. The molecule has 1 N–H and O–H groups in total. The first-order valence-electron chi connectivity index (χ1n) is 5.44. The third kappa shape index (κ3) is 3.62. The first-order chi connectivity index (χ1) is 7.65. The fourth-order valence-electron chi connectivity index (χ4n) is 1.56. The largest absolute Gasteiger partial charge is 0.395 e. The normalized spacial score (nSPS) is 10.5. The van der Waals surface area contributed by atoms with E-state index >= 15 is 0 Å². The van der Waals surface area contributed by atoms with E-state index in [9.17, 15) is 4.79 Å². The fourth-order valence-corrected chi connectivity index (χ4v) is 1.56. The minimum Gasteiger partial charge on any atom is -0.395 e. The van der Waals surface area contributed by atoms with Crippen LogP contribution < -0.4 is 0 Å². The number of aliphatic hydroxyl groups excluding tert-OH is 1. The summed E-state index contributed by atoms with van der Waals surface area (Å²) in [7, 11) is 0. The van der Waals surface area contributed by atoms with Gasteiger partial charge in [-0.1, -0.05) is 0 Å². The number of hydrogen-bond donors (Lipinski definition) is 1. The predicted molar refractivity (Wildman–Crippen MR) is 61.9 cm³/mol. The molecule has 4 nitrogen and oxygen atoms in total. The van der Waals surface area contributed by atoms with Crippen LogP contribution in [0.4, 0.5) is 0 Å². The summed E-state index contributed by atoms with van der Waals surface area (Å²) in [4.78, 5) is 17.5. The molecule has 1 aromatic heterocycles. The van der Waals surface area contributed by atoms with Gasteiger partial charge in [0.2, 0.25) is 5.91 Å². The van der Waals surface area contributed by atoms with Crippen molar-refractivity contribution in [3.8, 4) is 0 Å². The van der Waals surface area contributed by atoms with Crippen molar-refractivity contribution in [2.75, 3.05) is 13.2 Å². The Morgan fingerprint density at radius 3 is 2.56 bits per heavy atom. The standard InChI is InChI=1S/C12H18N2O2/c1-10(2)14(7-8-15)12(16)9-11-3-5-13-6-4-11/h3-6,10,15H,7-9H2,1-2H3. The number of aromatic nitrogens is 1. The van der Waals surface area contributed by atoms with Gasteiger partial charge in [-0.15, -0.1) is 0 Å². The molecule has 0 unspecified atom stereocenters. The molecule has 4 heteroatoms. The van der Waals surface area contributed by atoms with E-state index in [0.717, 1.165) is 5.56 Å².